The summed E-state index contributed by atoms with van der Waals surface area (Å²) in [5.41, 5.74) is 2.73. The van der Waals surface area contributed by atoms with Gasteiger partial charge in [-0.15, -0.1) is 0 Å². The molecular weight excluding hydrogens is 276 g/mol. The number of halogens is 1. The summed E-state index contributed by atoms with van der Waals surface area (Å²) in [5, 5.41) is 4.88. The first-order valence-electron chi connectivity index (χ1n) is 6.21. The van der Waals surface area contributed by atoms with Crippen molar-refractivity contribution in [1.29, 1.82) is 0 Å². The van der Waals surface area contributed by atoms with Crippen LogP contribution in [0.4, 0.5) is 0 Å². The molecule has 1 aromatic carbocycles. The molecule has 1 fully saturated rings. The van der Waals surface area contributed by atoms with E-state index >= 15 is 0 Å². The minimum absolute atomic E-state index is 0.676. The second kappa shape index (κ2) is 4.46. The Kier molecular flexibility index (Phi) is 2.97. The van der Waals surface area contributed by atoms with E-state index in [4.69, 9.17) is 0 Å². The van der Waals surface area contributed by atoms with Crippen LogP contribution < -0.4 is 5.32 Å². The molecule has 1 unspecified atom stereocenters. The molecule has 3 rings (SSSR count). The fourth-order valence-corrected chi connectivity index (χ4v) is 3.36. The predicted octanol–water partition coefficient (Wildman–Crippen LogP) is 3.24. The van der Waals surface area contributed by atoms with Crippen LogP contribution >= 0.6 is 15.9 Å². The van der Waals surface area contributed by atoms with Crippen LogP contribution in [-0.4, -0.2) is 17.2 Å². The number of aromatic nitrogens is 1. The summed E-state index contributed by atoms with van der Waals surface area (Å²) < 4.78 is 3.35. The van der Waals surface area contributed by atoms with Crippen molar-refractivity contribution in [3.8, 4) is 0 Å². The van der Waals surface area contributed by atoms with E-state index in [2.05, 4.69) is 57.3 Å². The second-order valence-electron chi connectivity index (χ2n) is 4.94. The highest BCUT2D eigenvalue weighted by atomic mass is 79.9. The Hall–Kier alpha value is -0.800. The maximum atomic E-state index is 3.63. The quantitative estimate of drug-likeness (QED) is 0.899. The minimum Gasteiger partial charge on any atom is -0.349 e. The zero-order valence-electron chi connectivity index (χ0n) is 10.0. The lowest BCUT2D eigenvalue weighted by molar-refractivity contribution is 0.603. The van der Waals surface area contributed by atoms with E-state index in [1.807, 2.05) is 0 Å². The first-order valence-corrected chi connectivity index (χ1v) is 7.00. The molecule has 0 spiro atoms. The predicted molar refractivity (Wildman–Crippen MR) is 75.3 cm³/mol. The summed E-state index contributed by atoms with van der Waals surface area (Å²) in [4.78, 5) is 0. The van der Waals surface area contributed by atoms with Crippen LogP contribution in [-0.2, 0) is 13.5 Å². The van der Waals surface area contributed by atoms with E-state index in [9.17, 15) is 0 Å². The third kappa shape index (κ3) is 2.14. The van der Waals surface area contributed by atoms with Crippen LogP contribution in [0, 0.1) is 0 Å². The molecule has 1 aliphatic rings. The molecule has 0 bridgehead atoms. The topological polar surface area (TPSA) is 17.0 Å². The van der Waals surface area contributed by atoms with Crippen molar-refractivity contribution in [1.82, 2.24) is 9.88 Å². The maximum Gasteiger partial charge on any atom is 0.0489 e. The van der Waals surface area contributed by atoms with Gasteiger partial charge in [0.2, 0.25) is 0 Å². The van der Waals surface area contributed by atoms with Crippen LogP contribution in [0.5, 0.6) is 0 Å². The Morgan fingerprint density at radius 2 is 2.35 bits per heavy atom. The number of benzene rings is 1. The van der Waals surface area contributed by atoms with Crippen LogP contribution in [0.15, 0.2) is 28.9 Å². The number of rotatable bonds is 2. The van der Waals surface area contributed by atoms with Crippen molar-refractivity contribution < 1.29 is 0 Å². The maximum absolute atomic E-state index is 3.63. The number of fused-ring (bicyclic) bond motifs is 1. The monoisotopic (exact) mass is 292 g/mol. The van der Waals surface area contributed by atoms with Gasteiger partial charge in [0.1, 0.15) is 0 Å². The van der Waals surface area contributed by atoms with Crippen molar-refractivity contribution in [2.24, 2.45) is 7.05 Å². The molecular formula is C14H17BrN2. The van der Waals surface area contributed by atoms with Crippen molar-refractivity contribution in [3.05, 3.63) is 34.4 Å². The molecule has 1 aromatic heterocycles. The smallest absolute Gasteiger partial charge is 0.0489 e. The van der Waals surface area contributed by atoms with Gasteiger partial charge < -0.3 is 9.88 Å². The molecule has 2 aromatic rings. The normalized spacial score (nSPS) is 20.2. The van der Waals surface area contributed by atoms with Gasteiger partial charge in [-0.3, -0.25) is 0 Å². The molecule has 2 heterocycles. The third-order valence-electron chi connectivity index (χ3n) is 3.65. The molecule has 2 nitrogen and oxygen atoms in total. The highest BCUT2D eigenvalue weighted by Crippen LogP contribution is 2.27. The van der Waals surface area contributed by atoms with Crippen LogP contribution in [0.2, 0.25) is 0 Å². The zero-order chi connectivity index (χ0) is 11.8. The van der Waals surface area contributed by atoms with Gasteiger partial charge in [0.25, 0.3) is 0 Å². The van der Waals surface area contributed by atoms with Crippen LogP contribution in [0.25, 0.3) is 10.9 Å². The van der Waals surface area contributed by atoms with Crippen LogP contribution in [0.1, 0.15) is 18.4 Å². The molecule has 0 amide bonds. The van der Waals surface area contributed by atoms with E-state index < -0.39 is 0 Å². The summed E-state index contributed by atoms with van der Waals surface area (Å²) >= 11 is 3.63. The van der Waals surface area contributed by atoms with Gasteiger partial charge in [0, 0.05) is 34.7 Å². The third-order valence-corrected chi connectivity index (χ3v) is 4.28. The molecule has 1 atom stereocenters. The van der Waals surface area contributed by atoms with Gasteiger partial charge in [-0.05, 0) is 59.4 Å². The van der Waals surface area contributed by atoms with Gasteiger partial charge in [0.05, 0.1) is 0 Å². The highest BCUT2D eigenvalue weighted by molar-refractivity contribution is 9.10. The lowest BCUT2D eigenvalue weighted by Gasteiger charge is -2.10. The SMILES string of the molecule is Cn1cc(Br)c2cc(CC3CCCN3)ccc21. The zero-order valence-corrected chi connectivity index (χ0v) is 11.6. The van der Waals surface area contributed by atoms with E-state index in [1.54, 1.807) is 0 Å². The second-order valence-corrected chi connectivity index (χ2v) is 5.79. The molecule has 1 saturated heterocycles. The van der Waals surface area contributed by atoms with Crippen LogP contribution in [0.3, 0.4) is 0 Å². The fourth-order valence-electron chi connectivity index (χ4n) is 2.73. The van der Waals surface area contributed by atoms with E-state index in [-0.39, 0.29) is 0 Å². The van der Waals surface area contributed by atoms with Crippen molar-refractivity contribution in [2.75, 3.05) is 6.54 Å². The van der Waals surface area contributed by atoms with E-state index in [1.165, 1.54) is 40.3 Å². The summed E-state index contributed by atoms with van der Waals surface area (Å²) in [5.74, 6) is 0. The van der Waals surface area contributed by atoms with Gasteiger partial charge in [-0.25, -0.2) is 0 Å². The molecule has 0 saturated carbocycles. The van der Waals surface area contributed by atoms with Gasteiger partial charge in [0.15, 0.2) is 0 Å². The lowest BCUT2D eigenvalue weighted by atomic mass is 10.0. The number of aryl methyl sites for hydroxylation is 1. The Labute approximate surface area is 110 Å². The van der Waals surface area contributed by atoms with Crippen molar-refractivity contribution in [2.45, 2.75) is 25.3 Å². The van der Waals surface area contributed by atoms with Gasteiger partial charge in [-0.2, -0.15) is 0 Å². The summed E-state index contributed by atoms with van der Waals surface area (Å²) in [7, 11) is 2.09. The molecule has 17 heavy (non-hydrogen) atoms. The van der Waals surface area contributed by atoms with Gasteiger partial charge in [-0.1, -0.05) is 6.07 Å². The summed E-state index contributed by atoms with van der Waals surface area (Å²) in [6.07, 6.45) is 5.91. The summed E-state index contributed by atoms with van der Waals surface area (Å²) in [6.45, 7) is 1.18. The summed E-state index contributed by atoms with van der Waals surface area (Å²) in [6, 6.07) is 7.48. The Morgan fingerprint density at radius 3 is 3.12 bits per heavy atom. The average molecular weight is 293 g/mol. The van der Waals surface area contributed by atoms with E-state index in [0.717, 1.165) is 6.42 Å². The Balaban J connectivity index is 1.92. The number of hydrogen-bond donors (Lipinski definition) is 1. The average Bonchev–Trinajstić information content (AvgIpc) is 2.89. The van der Waals surface area contributed by atoms with Crippen molar-refractivity contribution in [3.63, 3.8) is 0 Å². The minimum atomic E-state index is 0.676. The molecule has 1 aliphatic heterocycles. The largest absolute Gasteiger partial charge is 0.349 e. The molecule has 1 N–H and O–H groups in total. The Bertz CT molecular complexity index is 538. The number of nitrogens with one attached hydrogen (secondary N) is 1. The Morgan fingerprint density at radius 1 is 1.47 bits per heavy atom. The highest BCUT2D eigenvalue weighted by Gasteiger charge is 2.15. The number of nitrogens with zero attached hydrogens (tertiary/aromatic N) is 1. The standard InChI is InChI=1S/C14H17BrN2/c1-17-9-13(15)12-8-10(4-5-14(12)17)7-11-3-2-6-16-11/h4-5,8-9,11,16H,2-3,6-7H2,1H3. The lowest BCUT2D eigenvalue weighted by Crippen LogP contribution is -2.23. The molecule has 0 aliphatic carbocycles. The molecule has 3 heteroatoms. The first-order chi connectivity index (χ1) is 8.24. The first kappa shape index (κ1) is 11.3. The van der Waals surface area contributed by atoms with Gasteiger partial charge >= 0.3 is 0 Å². The van der Waals surface area contributed by atoms with E-state index in [0.29, 0.717) is 6.04 Å². The molecule has 90 valence electrons. The fraction of sp³-hybridized carbons (Fsp3) is 0.429. The van der Waals surface area contributed by atoms with Crippen molar-refractivity contribution >= 4 is 26.8 Å². The number of hydrogen-bond acceptors (Lipinski definition) is 1. The molecule has 0 radical (unpaired) electrons.